The summed E-state index contributed by atoms with van der Waals surface area (Å²) in [7, 11) is 0. The van der Waals surface area contributed by atoms with Crippen LogP contribution in [0.2, 0.25) is 0 Å². The van der Waals surface area contributed by atoms with Crippen molar-refractivity contribution < 1.29 is 14.4 Å². The SMILES string of the molecule is O=C(NNC(=O)N1c2ccccc2Sc2ccccc21)c1ccc(NC(=O)C2CCCCC2)cc1. The predicted octanol–water partition coefficient (Wildman–Crippen LogP) is 5.86. The van der Waals surface area contributed by atoms with Crippen molar-refractivity contribution in [1.82, 2.24) is 10.9 Å². The fourth-order valence-electron chi connectivity index (χ4n) is 4.48. The lowest BCUT2D eigenvalue weighted by Crippen LogP contribution is -2.48. The molecule has 1 heterocycles. The average molecular weight is 487 g/mol. The van der Waals surface area contributed by atoms with Crippen LogP contribution in [-0.2, 0) is 4.79 Å². The molecule has 3 aromatic rings. The van der Waals surface area contributed by atoms with E-state index >= 15 is 0 Å². The number of nitrogens with one attached hydrogen (secondary N) is 3. The molecule has 1 aliphatic heterocycles. The Balaban J connectivity index is 1.22. The minimum absolute atomic E-state index is 0.0365. The van der Waals surface area contributed by atoms with Crippen LogP contribution in [0.15, 0.2) is 82.6 Å². The van der Waals surface area contributed by atoms with Crippen LogP contribution in [0.5, 0.6) is 0 Å². The van der Waals surface area contributed by atoms with Crippen molar-refractivity contribution in [2.45, 2.75) is 41.9 Å². The topological polar surface area (TPSA) is 90.5 Å². The Bertz CT molecular complexity index is 1210. The van der Waals surface area contributed by atoms with Gasteiger partial charge in [0, 0.05) is 27.0 Å². The van der Waals surface area contributed by atoms with Crippen molar-refractivity contribution in [3.63, 3.8) is 0 Å². The number of benzene rings is 3. The molecular weight excluding hydrogens is 460 g/mol. The zero-order valence-electron chi connectivity index (χ0n) is 19.1. The molecule has 0 unspecified atom stereocenters. The summed E-state index contributed by atoms with van der Waals surface area (Å²) in [4.78, 5) is 41.7. The second kappa shape index (κ2) is 10.2. The molecule has 8 heteroatoms. The molecule has 0 saturated heterocycles. The van der Waals surface area contributed by atoms with Gasteiger partial charge in [0.2, 0.25) is 5.91 Å². The van der Waals surface area contributed by atoms with E-state index in [4.69, 9.17) is 0 Å². The van der Waals surface area contributed by atoms with E-state index in [0.717, 1.165) is 46.8 Å². The summed E-state index contributed by atoms with van der Waals surface area (Å²) in [6.45, 7) is 0. The predicted molar refractivity (Wildman–Crippen MR) is 137 cm³/mol. The first-order chi connectivity index (χ1) is 17.1. The van der Waals surface area contributed by atoms with Crippen LogP contribution in [0.3, 0.4) is 0 Å². The molecule has 0 bridgehead atoms. The van der Waals surface area contributed by atoms with Gasteiger partial charge in [-0.1, -0.05) is 55.3 Å². The van der Waals surface area contributed by atoms with E-state index in [-0.39, 0.29) is 11.8 Å². The second-order valence-corrected chi connectivity index (χ2v) is 9.74. The van der Waals surface area contributed by atoms with Gasteiger partial charge < -0.3 is 5.32 Å². The van der Waals surface area contributed by atoms with Gasteiger partial charge in [0.25, 0.3) is 5.91 Å². The number of fused-ring (bicyclic) bond motifs is 2. The Kier molecular flexibility index (Phi) is 6.72. The van der Waals surface area contributed by atoms with Crippen LogP contribution in [0, 0.1) is 5.92 Å². The first kappa shape index (κ1) is 23.0. The Morgan fingerprint density at radius 3 is 1.97 bits per heavy atom. The van der Waals surface area contributed by atoms with Gasteiger partial charge in [0.15, 0.2) is 0 Å². The minimum Gasteiger partial charge on any atom is -0.326 e. The zero-order chi connectivity index (χ0) is 24.2. The van der Waals surface area contributed by atoms with Crippen LogP contribution in [0.4, 0.5) is 21.9 Å². The van der Waals surface area contributed by atoms with Gasteiger partial charge in [-0.05, 0) is 61.4 Å². The van der Waals surface area contributed by atoms with E-state index in [1.807, 2.05) is 48.5 Å². The minimum atomic E-state index is -0.463. The maximum Gasteiger partial charge on any atom is 0.345 e. The van der Waals surface area contributed by atoms with Crippen molar-refractivity contribution in [1.29, 1.82) is 0 Å². The Morgan fingerprint density at radius 2 is 1.34 bits per heavy atom. The highest BCUT2D eigenvalue weighted by Gasteiger charge is 2.28. The van der Waals surface area contributed by atoms with E-state index in [0.29, 0.717) is 11.3 Å². The van der Waals surface area contributed by atoms with Crippen molar-refractivity contribution >= 4 is 46.7 Å². The van der Waals surface area contributed by atoms with Crippen molar-refractivity contribution in [3.8, 4) is 0 Å². The molecule has 0 spiro atoms. The molecule has 2 aliphatic rings. The molecule has 1 fully saturated rings. The number of carbonyl (C=O) groups is 3. The van der Waals surface area contributed by atoms with Gasteiger partial charge in [-0.25, -0.2) is 10.2 Å². The molecule has 35 heavy (non-hydrogen) atoms. The molecule has 1 saturated carbocycles. The highest BCUT2D eigenvalue weighted by atomic mass is 32.2. The van der Waals surface area contributed by atoms with Crippen LogP contribution < -0.4 is 21.1 Å². The molecule has 178 valence electrons. The summed E-state index contributed by atoms with van der Waals surface area (Å²) in [5.74, 6) is -0.351. The van der Waals surface area contributed by atoms with E-state index in [1.54, 1.807) is 40.9 Å². The summed E-state index contributed by atoms with van der Waals surface area (Å²) >= 11 is 1.60. The molecular formula is C27H26N4O3S. The molecule has 1 aliphatic carbocycles. The van der Waals surface area contributed by atoms with Gasteiger partial charge >= 0.3 is 6.03 Å². The standard InChI is InChI=1S/C27H26N4O3S/c32-25(18-8-2-1-3-9-18)28-20-16-14-19(15-17-20)26(33)29-30-27(34)31-21-10-4-6-12-23(21)35-24-13-7-5-11-22(24)31/h4-7,10-18H,1-3,8-9H2,(H,28,32)(H,29,33)(H,30,34). The van der Waals surface area contributed by atoms with Gasteiger partial charge in [0.05, 0.1) is 11.4 Å². The summed E-state index contributed by atoms with van der Waals surface area (Å²) < 4.78 is 0. The van der Waals surface area contributed by atoms with Gasteiger partial charge in [-0.3, -0.25) is 19.9 Å². The summed E-state index contributed by atoms with van der Waals surface area (Å²) in [6, 6.07) is 21.5. The van der Waals surface area contributed by atoms with Crippen molar-refractivity contribution in [3.05, 3.63) is 78.4 Å². The largest absolute Gasteiger partial charge is 0.345 e. The maximum absolute atomic E-state index is 13.1. The number of amides is 4. The van der Waals surface area contributed by atoms with E-state index in [1.165, 1.54) is 6.42 Å². The molecule has 0 radical (unpaired) electrons. The number of rotatable bonds is 3. The maximum atomic E-state index is 13.1. The average Bonchev–Trinajstić information content (AvgIpc) is 2.91. The molecule has 3 aromatic carbocycles. The molecule has 0 atom stereocenters. The fraction of sp³-hybridized carbons (Fsp3) is 0.222. The number of hydrazine groups is 1. The number of urea groups is 1. The lowest BCUT2D eigenvalue weighted by Gasteiger charge is -2.30. The number of nitrogens with zero attached hydrogens (tertiary/aromatic N) is 1. The highest BCUT2D eigenvalue weighted by Crippen LogP contribution is 2.47. The first-order valence-corrected chi connectivity index (χ1v) is 12.6. The van der Waals surface area contributed by atoms with Gasteiger partial charge in [-0.2, -0.15) is 0 Å². The van der Waals surface area contributed by atoms with Crippen LogP contribution in [0.1, 0.15) is 42.5 Å². The summed E-state index contributed by atoms with van der Waals surface area (Å²) in [5, 5.41) is 2.94. The molecule has 0 aromatic heterocycles. The highest BCUT2D eigenvalue weighted by molar-refractivity contribution is 7.99. The Hall–Kier alpha value is -3.78. The fourth-order valence-corrected chi connectivity index (χ4v) is 5.53. The second-order valence-electron chi connectivity index (χ2n) is 8.66. The number of para-hydroxylation sites is 2. The zero-order valence-corrected chi connectivity index (χ0v) is 19.9. The monoisotopic (exact) mass is 486 g/mol. The number of hydrogen-bond donors (Lipinski definition) is 3. The number of carbonyl (C=O) groups excluding carboxylic acids is 3. The lowest BCUT2D eigenvalue weighted by atomic mass is 9.88. The summed E-state index contributed by atoms with van der Waals surface area (Å²) in [6.07, 6.45) is 5.24. The third-order valence-electron chi connectivity index (χ3n) is 6.31. The molecule has 5 rings (SSSR count). The normalized spacial score (nSPS) is 14.9. The molecule has 3 N–H and O–H groups in total. The van der Waals surface area contributed by atoms with Crippen LogP contribution in [0.25, 0.3) is 0 Å². The third-order valence-corrected chi connectivity index (χ3v) is 7.44. The van der Waals surface area contributed by atoms with E-state index < -0.39 is 11.9 Å². The van der Waals surface area contributed by atoms with Crippen molar-refractivity contribution in [2.24, 2.45) is 5.92 Å². The quantitative estimate of drug-likeness (QED) is 0.404. The van der Waals surface area contributed by atoms with Crippen LogP contribution in [-0.4, -0.2) is 17.8 Å². The number of anilines is 3. The van der Waals surface area contributed by atoms with Crippen LogP contribution >= 0.6 is 11.8 Å². The van der Waals surface area contributed by atoms with E-state index in [2.05, 4.69) is 16.2 Å². The Morgan fingerprint density at radius 1 is 0.743 bits per heavy atom. The lowest BCUT2D eigenvalue weighted by molar-refractivity contribution is -0.120. The number of hydrogen-bond acceptors (Lipinski definition) is 4. The van der Waals surface area contributed by atoms with E-state index in [9.17, 15) is 14.4 Å². The van der Waals surface area contributed by atoms with Crippen molar-refractivity contribution in [2.75, 3.05) is 10.2 Å². The smallest absolute Gasteiger partial charge is 0.326 e. The first-order valence-electron chi connectivity index (χ1n) is 11.8. The summed E-state index contributed by atoms with van der Waals surface area (Å²) in [5.41, 5.74) is 7.55. The Labute approximate surface area is 208 Å². The van der Waals surface area contributed by atoms with Gasteiger partial charge in [0.1, 0.15) is 0 Å². The van der Waals surface area contributed by atoms with Gasteiger partial charge in [-0.15, -0.1) is 0 Å². The third kappa shape index (κ3) is 5.02. The molecule has 7 nitrogen and oxygen atoms in total. The molecule has 4 amide bonds.